The van der Waals surface area contributed by atoms with Crippen molar-refractivity contribution < 1.29 is 0 Å². The predicted octanol–water partition coefficient (Wildman–Crippen LogP) is 1.76. The Morgan fingerprint density at radius 3 is 3.29 bits per heavy atom. The van der Waals surface area contributed by atoms with Gasteiger partial charge in [0.25, 0.3) is 0 Å². The van der Waals surface area contributed by atoms with Crippen molar-refractivity contribution in [2.24, 2.45) is 0 Å². The van der Waals surface area contributed by atoms with Gasteiger partial charge < -0.3 is 5.32 Å². The van der Waals surface area contributed by atoms with E-state index in [4.69, 9.17) is 0 Å². The first kappa shape index (κ1) is 9.71. The predicted molar refractivity (Wildman–Crippen MR) is 57.4 cm³/mol. The van der Waals surface area contributed by atoms with Gasteiger partial charge in [0, 0.05) is 19.3 Å². The molecule has 0 radical (unpaired) electrons. The van der Waals surface area contributed by atoms with Gasteiger partial charge in [0.1, 0.15) is 0 Å². The fourth-order valence-electron chi connectivity index (χ4n) is 2.08. The first-order valence-electron chi connectivity index (χ1n) is 5.63. The van der Waals surface area contributed by atoms with E-state index in [1.807, 2.05) is 6.20 Å². The lowest BCUT2D eigenvalue weighted by Crippen LogP contribution is -2.28. The second kappa shape index (κ2) is 4.60. The summed E-state index contributed by atoms with van der Waals surface area (Å²) in [5, 5.41) is 7.81. The van der Waals surface area contributed by atoms with Crippen molar-refractivity contribution in [2.75, 3.05) is 13.1 Å². The van der Waals surface area contributed by atoms with Crippen molar-refractivity contribution in [1.82, 2.24) is 15.1 Å². The van der Waals surface area contributed by atoms with E-state index in [9.17, 15) is 0 Å². The highest BCUT2D eigenvalue weighted by Gasteiger charge is 2.16. The van der Waals surface area contributed by atoms with Crippen molar-refractivity contribution in [1.29, 1.82) is 0 Å². The molecule has 1 aliphatic rings. The first-order valence-corrected chi connectivity index (χ1v) is 5.63. The van der Waals surface area contributed by atoms with Crippen LogP contribution in [-0.2, 0) is 6.54 Å². The molecule has 0 bridgehead atoms. The smallest absolute Gasteiger partial charge is 0.0525 e. The number of nitrogens with one attached hydrogen (secondary N) is 1. The number of hydrogen-bond donors (Lipinski definition) is 1. The molecule has 2 heterocycles. The van der Waals surface area contributed by atoms with Crippen molar-refractivity contribution in [2.45, 2.75) is 38.6 Å². The number of nitrogens with zero attached hydrogens (tertiary/aromatic N) is 2. The molecule has 3 heteroatoms. The summed E-state index contributed by atoms with van der Waals surface area (Å²) in [6.45, 7) is 5.53. The molecule has 1 N–H and O–H groups in total. The summed E-state index contributed by atoms with van der Waals surface area (Å²) in [5.41, 5.74) is 1.41. The monoisotopic (exact) mass is 193 g/mol. The zero-order valence-electron chi connectivity index (χ0n) is 8.87. The molecule has 0 aromatic carbocycles. The fraction of sp³-hybridized carbons (Fsp3) is 0.727. The Bertz CT molecular complexity index is 274. The molecule has 2 rings (SSSR count). The Balaban J connectivity index is 2.00. The van der Waals surface area contributed by atoms with Gasteiger partial charge in [-0.1, -0.05) is 6.92 Å². The molecule has 1 aliphatic heterocycles. The van der Waals surface area contributed by atoms with Crippen LogP contribution in [0, 0.1) is 0 Å². The normalized spacial score (nSPS) is 22.5. The molecule has 1 unspecified atom stereocenters. The number of piperidine rings is 1. The van der Waals surface area contributed by atoms with Crippen molar-refractivity contribution in [3.05, 3.63) is 18.0 Å². The molecule has 1 fully saturated rings. The summed E-state index contributed by atoms with van der Waals surface area (Å²) in [6.07, 6.45) is 8.01. The topological polar surface area (TPSA) is 29.9 Å². The van der Waals surface area contributed by atoms with Gasteiger partial charge in [-0.05, 0) is 37.3 Å². The van der Waals surface area contributed by atoms with E-state index in [0.29, 0.717) is 5.92 Å². The van der Waals surface area contributed by atoms with Gasteiger partial charge in [-0.3, -0.25) is 4.68 Å². The molecule has 0 aliphatic carbocycles. The van der Waals surface area contributed by atoms with E-state index >= 15 is 0 Å². The lowest BCUT2D eigenvalue weighted by molar-refractivity contribution is 0.461. The summed E-state index contributed by atoms with van der Waals surface area (Å²) in [5.74, 6) is 0.689. The highest BCUT2D eigenvalue weighted by Crippen LogP contribution is 2.22. The van der Waals surface area contributed by atoms with Gasteiger partial charge in [-0.2, -0.15) is 5.10 Å². The molecule has 78 valence electrons. The third kappa shape index (κ3) is 2.15. The Morgan fingerprint density at radius 2 is 2.57 bits per heavy atom. The van der Waals surface area contributed by atoms with Crippen LogP contribution in [0.4, 0.5) is 0 Å². The van der Waals surface area contributed by atoms with E-state index in [0.717, 1.165) is 19.5 Å². The molecule has 1 saturated heterocycles. The molecule has 3 nitrogen and oxygen atoms in total. The van der Waals surface area contributed by atoms with Crippen molar-refractivity contribution in [3.63, 3.8) is 0 Å². The van der Waals surface area contributed by atoms with Crippen LogP contribution >= 0.6 is 0 Å². The van der Waals surface area contributed by atoms with Gasteiger partial charge >= 0.3 is 0 Å². The highest BCUT2D eigenvalue weighted by molar-refractivity contribution is 5.12. The minimum Gasteiger partial charge on any atom is -0.316 e. The summed E-state index contributed by atoms with van der Waals surface area (Å²) in [6, 6.07) is 0. The summed E-state index contributed by atoms with van der Waals surface area (Å²) >= 11 is 0. The molecule has 0 amide bonds. The van der Waals surface area contributed by atoms with E-state index < -0.39 is 0 Å². The van der Waals surface area contributed by atoms with Crippen LogP contribution in [0.3, 0.4) is 0 Å². The Kier molecular flexibility index (Phi) is 3.19. The van der Waals surface area contributed by atoms with Crippen LogP contribution in [0.2, 0.25) is 0 Å². The Hall–Kier alpha value is -0.830. The number of hydrogen-bond acceptors (Lipinski definition) is 2. The third-order valence-corrected chi connectivity index (χ3v) is 2.87. The minimum atomic E-state index is 0.689. The van der Waals surface area contributed by atoms with Crippen LogP contribution in [0.1, 0.15) is 37.7 Å². The van der Waals surface area contributed by atoms with Crippen LogP contribution in [0.25, 0.3) is 0 Å². The highest BCUT2D eigenvalue weighted by atomic mass is 15.3. The summed E-state index contributed by atoms with van der Waals surface area (Å²) in [7, 11) is 0. The lowest BCUT2D eigenvalue weighted by Gasteiger charge is -2.21. The van der Waals surface area contributed by atoms with E-state index in [-0.39, 0.29) is 0 Å². The zero-order valence-corrected chi connectivity index (χ0v) is 8.87. The maximum atomic E-state index is 4.37. The van der Waals surface area contributed by atoms with Gasteiger partial charge in [0.15, 0.2) is 0 Å². The molecule has 1 aromatic rings. The fourth-order valence-corrected chi connectivity index (χ4v) is 2.08. The molecular weight excluding hydrogens is 174 g/mol. The second-order valence-corrected chi connectivity index (χ2v) is 4.08. The van der Waals surface area contributed by atoms with E-state index in [1.54, 1.807) is 0 Å². The SMILES string of the molecule is CCCn1cc(C2CCCNC2)cn1. The van der Waals surface area contributed by atoms with Crippen molar-refractivity contribution >= 4 is 0 Å². The van der Waals surface area contributed by atoms with Crippen molar-refractivity contribution in [3.8, 4) is 0 Å². The van der Waals surface area contributed by atoms with Gasteiger partial charge in [-0.25, -0.2) is 0 Å². The molecule has 0 spiro atoms. The van der Waals surface area contributed by atoms with E-state index in [2.05, 4.69) is 28.2 Å². The maximum Gasteiger partial charge on any atom is 0.0525 e. The molecule has 1 aromatic heterocycles. The van der Waals surface area contributed by atoms with Gasteiger partial charge in [-0.15, -0.1) is 0 Å². The minimum absolute atomic E-state index is 0.689. The standard InChI is InChI=1S/C11H19N3/c1-2-6-14-9-11(8-13-14)10-4-3-5-12-7-10/h8-10,12H,2-7H2,1H3. The quantitative estimate of drug-likeness (QED) is 0.792. The Labute approximate surface area is 85.5 Å². The van der Waals surface area contributed by atoms with Gasteiger partial charge in [0.2, 0.25) is 0 Å². The summed E-state index contributed by atoms with van der Waals surface area (Å²) in [4.78, 5) is 0. The summed E-state index contributed by atoms with van der Waals surface area (Å²) < 4.78 is 2.06. The van der Waals surface area contributed by atoms with Crippen LogP contribution in [0.15, 0.2) is 12.4 Å². The molecule has 1 atom stereocenters. The molecular formula is C11H19N3. The number of rotatable bonds is 3. The third-order valence-electron chi connectivity index (χ3n) is 2.87. The number of aromatic nitrogens is 2. The number of aryl methyl sites for hydroxylation is 1. The van der Waals surface area contributed by atoms with E-state index in [1.165, 1.54) is 24.9 Å². The maximum absolute atomic E-state index is 4.37. The van der Waals surface area contributed by atoms with Crippen LogP contribution in [0.5, 0.6) is 0 Å². The van der Waals surface area contributed by atoms with Crippen LogP contribution in [-0.4, -0.2) is 22.9 Å². The molecule has 14 heavy (non-hydrogen) atoms. The molecule has 0 saturated carbocycles. The van der Waals surface area contributed by atoms with Crippen LogP contribution < -0.4 is 5.32 Å². The average molecular weight is 193 g/mol. The first-order chi connectivity index (χ1) is 6.90. The zero-order chi connectivity index (χ0) is 9.80. The Morgan fingerprint density at radius 1 is 1.64 bits per heavy atom. The second-order valence-electron chi connectivity index (χ2n) is 4.08. The van der Waals surface area contributed by atoms with Gasteiger partial charge in [0.05, 0.1) is 6.20 Å². The lowest BCUT2D eigenvalue weighted by atomic mass is 9.94. The average Bonchev–Trinajstić information content (AvgIpc) is 2.68. The largest absolute Gasteiger partial charge is 0.316 e.